The van der Waals surface area contributed by atoms with E-state index in [2.05, 4.69) is 37.8 Å². The van der Waals surface area contributed by atoms with E-state index < -0.39 is 0 Å². The fourth-order valence-electron chi connectivity index (χ4n) is 1.31. The van der Waals surface area contributed by atoms with Crippen LogP contribution in [0.25, 0.3) is 0 Å². The summed E-state index contributed by atoms with van der Waals surface area (Å²) >= 11 is 0. The van der Waals surface area contributed by atoms with Crippen molar-refractivity contribution in [2.45, 2.75) is 46.5 Å². The molecular formula is C12H26LiN. The second-order valence-corrected chi connectivity index (χ2v) is 3.58. The molecule has 0 saturated carbocycles. The standard InChI is InChI=1S/C12H25N.Li.H/c1-4-7-10-13(11-8-5-2)12-9-6-3;;/h4,7H,5-6,8-12H2,1-3H3;;/q;+1;-1/b7-4+;;. The van der Waals surface area contributed by atoms with E-state index in [-0.39, 0.29) is 20.3 Å². The van der Waals surface area contributed by atoms with Gasteiger partial charge in [0.2, 0.25) is 0 Å². The first-order valence-corrected chi connectivity index (χ1v) is 5.68. The average molecular weight is 191 g/mol. The summed E-state index contributed by atoms with van der Waals surface area (Å²) in [5, 5.41) is 0. The van der Waals surface area contributed by atoms with Crippen LogP contribution in [0.2, 0.25) is 0 Å². The van der Waals surface area contributed by atoms with Gasteiger partial charge in [-0.05, 0) is 32.9 Å². The van der Waals surface area contributed by atoms with Crippen LogP contribution in [-0.4, -0.2) is 24.5 Å². The van der Waals surface area contributed by atoms with Crippen molar-refractivity contribution in [2.24, 2.45) is 0 Å². The Labute approximate surface area is 104 Å². The SMILES string of the molecule is C/C=C/CN(CCCC)CCCC.[H-].[Li+]. The zero-order chi connectivity index (χ0) is 9.94. The van der Waals surface area contributed by atoms with Crippen molar-refractivity contribution >= 4 is 0 Å². The van der Waals surface area contributed by atoms with Crippen molar-refractivity contribution in [1.29, 1.82) is 0 Å². The quantitative estimate of drug-likeness (QED) is 0.401. The predicted molar refractivity (Wildman–Crippen MR) is 62.2 cm³/mol. The summed E-state index contributed by atoms with van der Waals surface area (Å²) in [6.45, 7) is 10.3. The summed E-state index contributed by atoms with van der Waals surface area (Å²) in [5.74, 6) is 0. The molecule has 1 nitrogen and oxygen atoms in total. The number of rotatable bonds is 8. The molecule has 0 saturated heterocycles. The van der Waals surface area contributed by atoms with E-state index in [0.717, 1.165) is 6.54 Å². The Kier molecular flexibility index (Phi) is 15.9. The summed E-state index contributed by atoms with van der Waals surface area (Å²) in [4.78, 5) is 2.55. The van der Waals surface area contributed by atoms with Gasteiger partial charge in [0.05, 0.1) is 0 Å². The average Bonchev–Trinajstić information content (AvgIpc) is 2.17. The van der Waals surface area contributed by atoms with Gasteiger partial charge in [0.15, 0.2) is 0 Å². The van der Waals surface area contributed by atoms with Crippen molar-refractivity contribution in [2.75, 3.05) is 19.6 Å². The Morgan fingerprint density at radius 3 is 1.93 bits per heavy atom. The number of unbranched alkanes of at least 4 members (excludes halogenated alkanes) is 2. The molecule has 0 aromatic carbocycles. The molecular weight excluding hydrogens is 165 g/mol. The van der Waals surface area contributed by atoms with Gasteiger partial charge in [-0.25, -0.2) is 0 Å². The van der Waals surface area contributed by atoms with Crippen molar-refractivity contribution in [3.8, 4) is 0 Å². The van der Waals surface area contributed by atoms with Gasteiger partial charge in [0.1, 0.15) is 0 Å². The van der Waals surface area contributed by atoms with Crippen molar-refractivity contribution in [1.82, 2.24) is 4.90 Å². The van der Waals surface area contributed by atoms with E-state index in [0.29, 0.717) is 0 Å². The van der Waals surface area contributed by atoms with E-state index in [4.69, 9.17) is 0 Å². The summed E-state index contributed by atoms with van der Waals surface area (Å²) in [7, 11) is 0. The molecule has 0 N–H and O–H groups in total. The molecule has 0 fully saturated rings. The van der Waals surface area contributed by atoms with Crippen LogP contribution in [0.1, 0.15) is 47.9 Å². The van der Waals surface area contributed by atoms with Crippen LogP contribution in [0.5, 0.6) is 0 Å². The maximum atomic E-state index is 2.55. The summed E-state index contributed by atoms with van der Waals surface area (Å²) in [6.07, 6.45) is 9.68. The normalized spacial score (nSPS) is 10.9. The third-order valence-electron chi connectivity index (χ3n) is 2.26. The molecule has 80 valence electrons. The van der Waals surface area contributed by atoms with Crippen LogP contribution in [0.3, 0.4) is 0 Å². The Hall–Kier alpha value is 0.297. The third-order valence-corrected chi connectivity index (χ3v) is 2.26. The topological polar surface area (TPSA) is 3.24 Å². The second-order valence-electron chi connectivity index (χ2n) is 3.58. The van der Waals surface area contributed by atoms with Gasteiger partial charge >= 0.3 is 18.9 Å². The largest absolute Gasteiger partial charge is 1.00 e. The molecule has 0 unspecified atom stereocenters. The van der Waals surface area contributed by atoms with Gasteiger partial charge in [-0.3, -0.25) is 4.90 Å². The third kappa shape index (κ3) is 10.4. The first-order valence-electron chi connectivity index (χ1n) is 5.68. The smallest absolute Gasteiger partial charge is 1.00 e. The maximum Gasteiger partial charge on any atom is 1.00 e. The molecule has 0 atom stereocenters. The van der Waals surface area contributed by atoms with Gasteiger partial charge in [-0.1, -0.05) is 38.8 Å². The fourth-order valence-corrected chi connectivity index (χ4v) is 1.31. The minimum absolute atomic E-state index is 0. The molecule has 0 rings (SSSR count). The monoisotopic (exact) mass is 191 g/mol. The molecule has 0 heterocycles. The first-order chi connectivity index (χ1) is 6.35. The van der Waals surface area contributed by atoms with Gasteiger partial charge < -0.3 is 1.43 Å². The molecule has 0 aliphatic heterocycles. The van der Waals surface area contributed by atoms with Crippen LogP contribution < -0.4 is 18.9 Å². The number of hydrogen-bond donors (Lipinski definition) is 0. The molecule has 14 heavy (non-hydrogen) atoms. The molecule has 0 spiro atoms. The van der Waals surface area contributed by atoms with E-state index in [9.17, 15) is 0 Å². The zero-order valence-electron chi connectivity index (χ0n) is 11.6. The molecule has 0 aliphatic rings. The van der Waals surface area contributed by atoms with Crippen LogP contribution >= 0.6 is 0 Å². The Bertz CT molecular complexity index is 121. The summed E-state index contributed by atoms with van der Waals surface area (Å²) in [6, 6.07) is 0. The van der Waals surface area contributed by atoms with Gasteiger partial charge in [0.25, 0.3) is 0 Å². The fraction of sp³-hybridized carbons (Fsp3) is 0.833. The van der Waals surface area contributed by atoms with Crippen LogP contribution in [0.4, 0.5) is 0 Å². The molecule has 0 amide bonds. The molecule has 0 bridgehead atoms. The van der Waals surface area contributed by atoms with E-state index in [1.165, 1.54) is 38.8 Å². The minimum atomic E-state index is 0. The number of nitrogens with zero attached hydrogens (tertiary/aromatic N) is 1. The van der Waals surface area contributed by atoms with Gasteiger partial charge in [-0.2, -0.15) is 0 Å². The van der Waals surface area contributed by atoms with Gasteiger partial charge in [0, 0.05) is 6.54 Å². The van der Waals surface area contributed by atoms with E-state index >= 15 is 0 Å². The molecule has 0 aliphatic carbocycles. The van der Waals surface area contributed by atoms with Crippen LogP contribution in [0, 0.1) is 0 Å². The van der Waals surface area contributed by atoms with Crippen molar-refractivity contribution in [3.63, 3.8) is 0 Å². The Morgan fingerprint density at radius 1 is 1.07 bits per heavy atom. The molecule has 0 radical (unpaired) electrons. The molecule has 0 aromatic heterocycles. The van der Waals surface area contributed by atoms with Crippen molar-refractivity contribution < 1.29 is 20.3 Å². The number of hydrogen-bond acceptors (Lipinski definition) is 1. The predicted octanol–water partition coefficient (Wildman–Crippen LogP) is 0.581. The minimum Gasteiger partial charge on any atom is -1.00 e. The van der Waals surface area contributed by atoms with Crippen LogP contribution in [0.15, 0.2) is 12.2 Å². The van der Waals surface area contributed by atoms with Crippen molar-refractivity contribution in [3.05, 3.63) is 12.2 Å². The molecule has 2 heteroatoms. The van der Waals surface area contributed by atoms with Gasteiger partial charge in [-0.15, -0.1) is 0 Å². The Morgan fingerprint density at radius 2 is 1.57 bits per heavy atom. The first kappa shape index (κ1) is 16.7. The molecule has 0 aromatic rings. The summed E-state index contributed by atoms with van der Waals surface area (Å²) in [5.41, 5.74) is 0. The van der Waals surface area contributed by atoms with E-state index in [1.54, 1.807) is 0 Å². The Balaban J connectivity index is -0.000000720. The zero-order valence-corrected chi connectivity index (χ0v) is 10.6. The van der Waals surface area contributed by atoms with E-state index in [1.807, 2.05) is 0 Å². The maximum absolute atomic E-state index is 2.55. The summed E-state index contributed by atoms with van der Waals surface area (Å²) < 4.78 is 0. The van der Waals surface area contributed by atoms with Crippen LogP contribution in [-0.2, 0) is 0 Å². The number of allylic oxidation sites excluding steroid dienone is 1. The second kappa shape index (κ2) is 13.3.